The quantitative estimate of drug-likeness (QED) is 0.507. The number of thioether (sulfide) groups is 1. The lowest BCUT2D eigenvalue weighted by Crippen LogP contribution is -2.46. The van der Waals surface area contributed by atoms with Crippen molar-refractivity contribution in [3.8, 4) is 0 Å². The minimum absolute atomic E-state index is 0.121. The van der Waals surface area contributed by atoms with E-state index in [4.69, 9.17) is 0 Å². The van der Waals surface area contributed by atoms with Gasteiger partial charge in [0.05, 0.1) is 11.8 Å². The van der Waals surface area contributed by atoms with Gasteiger partial charge in [0.1, 0.15) is 6.04 Å². The van der Waals surface area contributed by atoms with Crippen LogP contribution in [0, 0.1) is 23.7 Å². The maximum absolute atomic E-state index is 12.7. The van der Waals surface area contributed by atoms with Gasteiger partial charge in [-0.25, -0.2) is 4.79 Å². The van der Waals surface area contributed by atoms with E-state index in [-0.39, 0.29) is 45.1 Å². The molecule has 0 aromatic rings. The molecule has 122 valence electrons. The number of carbonyl (C=O) groups excluding carboxylic acids is 2. The van der Waals surface area contributed by atoms with Crippen LogP contribution in [0.25, 0.3) is 0 Å². The van der Waals surface area contributed by atoms with Gasteiger partial charge in [-0.05, 0) is 36.7 Å². The maximum Gasteiger partial charge on any atom is 0.326 e. The maximum atomic E-state index is 12.7. The zero-order valence-corrected chi connectivity index (χ0v) is 15.9. The molecule has 7 atom stereocenters. The fraction of sp³-hybridized carbons (Fsp3) is 0.786. The Kier molecular flexibility index (Phi) is 4.64. The highest BCUT2D eigenvalue weighted by Crippen LogP contribution is 2.60. The minimum atomic E-state index is -1.09. The first kappa shape index (κ1) is 16.8. The molecule has 2 saturated carbocycles. The van der Waals surface area contributed by atoms with Crippen molar-refractivity contribution in [2.24, 2.45) is 23.7 Å². The Morgan fingerprint density at radius 3 is 2.18 bits per heavy atom. The van der Waals surface area contributed by atoms with Gasteiger partial charge in [-0.1, -0.05) is 31.9 Å². The molecule has 2 bridgehead atoms. The number of alkyl halides is 2. The molecule has 1 saturated heterocycles. The number of amides is 2. The lowest BCUT2D eigenvalue weighted by atomic mass is 9.81. The fourth-order valence-corrected chi connectivity index (χ4v) is 6.60. The van der Waals surface area contributed by atoms with E-state index >= 15 is 0 Å². The Balaban J connectivity index is 1.88. The molecular formula is C14H17Br2NO4S. The van der Waals surface area contributed by atoms with E-state index < -0.39 is 12.0 Å². The first-order valence-corrected chi connectivity index (χ1v) is 10.5. The molecule has 2 amide bonds. The van der Waals surface area contributed by atoms with Crippen molar-refractivity contribution in [1.82, 2.24) is 4.90 Å². The van der Waals surface area contributed by atoms with E-state index in [2.05, 4.69) is 31.9 Å². The van der Waals surface area contributed by atoms with Crippen LogP contribution in [-0.2, 0) is 14.4 Å². The molecule has 5 nitrogen and oxygen atoms in total. The molecule has 1 heterocycles. The van der Waals surface area contributed by atoms with Crippen molar-refractivity contribution in [1.29, 1.82) is 0 Å². The number of fused-ring (bicyclic) bond motifs is 5. The normalized spacial score (nSPS) is 41.1. The number of likely N-dealkylation sites (tertiary alicyclic amines) is 1. The van der Waals surface area contributed by atoms with E-state index in [1.807, 2.05) is 6.26 Å². The molecule has 22 heavy (non-hydrogen) atoms. The van der Waals surface area contributed by atoms with Crippen LogP contribution in [0.1, 0.15) is 12.8 Å². The van der Waals surface area contributed by atoms with Crippen molar-refractivity contribution in [3.63, 3.8) is 0 Å². The third-order valence-corrected chi connectivity index (χ3v) is 9.06. The highest BCUT2D eigenvalue weighted by Gasteiger charge is 2.67. The summed E-state index contributed by atoms with van der Waals surface area (Å²) in [6.07, 6.45) is 3.04. The fourth-order valence-electron chi connectivity index (χ4n) is 4.27. The second-order valence-corrected chi connectivity index (χ2v) is 9.29. The van der Waals surface area contributed by atoms with Crippen molar-refractivity contribution in [3.05, 3.63) is 0 Å². The molecule has 0 radical (unpaired) electrons. The summed E-state index contributed by atoms with van der Waals surface area (Å²) in [6, 6.07) is -1.03. The zero-order chi connectivity index (χ0) is 16.2. The Morgan fingerprint density at radius 2 is 1.77 bits per heavy atom. The first-order valence-electron chi connectivity index (χ1n) is 7.27. The number of carbonyl (C=O) groups is 3. The van der Waals surface area contributed by atoms with Crippen LogP contribution in [0.3, 0.4) is 0 Å². The summed E-state index contributed by atoms with van der Waals surface area (Å²) in [7, 11) is 0. The molecule has 1 aliphatic heterocycles. The summed E-state index contributed by atoms with van der Waals surface area (Å²) in [5.41, 5.74) is 0. The van der Waals surface area contributed by atoms with Crippen LogP contribution in [0.5, 0.6) is 0 Å². The number of carboxylic acid groups (broad SMARTS) is 1. The van der Waals surface area contributed by atoms with Gasteiger partial charge in [0, 0.05) is 9.65 Å². The van der Waals surface area contributed by atoms with E-state index in [0.29, 0.717) is 12.2 Å². The Bertz CT molecular complexity index is 499. The SMILES string of the molecule is CSCCC(C(=O)O)N1C(=O)C2C3CC(C(Br)C3Br)C2C1=O. The van der Waals surface area contributed by atoms with Crippen molar-refractivity contribution < 1.29 is 19.5 Å². The molecule has 3 aliphatic rings. The van der Waals surface area contributed by atoms with Gasteiger partial charge in [0.2, 0.25) is 11.8 Å². The number of aliphatic carboxylic acids is 1. The number of rotatable bonds is 5. The van der Waals surface area contributed by atoms with Crippen LogP contribution in [0.4, 0.5) is 0 Å². The highest BCUT2D eigenvalue weighted by atomic mass is 79.9. The van der Waals surface area contributed by atoms with Gasteiger partial charge in [-0.15, -0.1) is 0 Å². The molecule has 0 aromatic heterocycles. The third-order valence-electron chi connectivity index (χ3n) is 5.21. The number of carboxylic acids is 1. The molecule has 2 aliphatic carbocycles. The van der Waals surface area contributed by atoms with Crippen LogP contribution >= 0.6 is 43.6 Å². The molecule has 8 heteroatoms. The van der Waals surface area contributed by atoms with Gasteiger partial charge in [-0.3, -0.25) is 14.5 Å². The summed E-state index contributed by atoms with van der Waals surface area (Å²) >= 11 is 8.76. The second-order valence-electron chi connectivity index (χ2n) is 6.19. The summed E-state index contributed by atoms with van der Waals surface area (Å²) in [6.45, 7) is 0. The van der Waals surface area contributed by atoms with Gasteiger partial charge in [-0.2, -0.15) is 11.8 Å². The number of nitrogens with zero attached hydrogens (tertiary/aromatic N) is 1. The predicted molar refractivity (Wildman–Crippen MR) is 90.3 cm³/mol. The Morgan fingerprint density at radius 1 is 1.27 bits per heavy atom. The summed E-state index contributed by atoms with van der Waals surface area (Å²) in [4.78, 5) is 38.4. The Hall–Kier alpha value is -0.0800. The monoisotopic (exact) mass is 453 g/mol. The lowest BCUT2D eigenvalue weighted by molar-refractivity contribution is -0.155. The average molecular weight is 455 g/mol. The van der Waals surface area contributed by atoms with Crippen molar-refractivity contribution in [2.75, 3.05) is 12.0 Å². The summed E-state index contributed by atoms with van der Waals surface area (Å²) < 4.78 is 0. The predicted octanol–water partition coefficient (Wildman–Crippen LogP) is 1.97. The average Bonchev–Trinajstić information content (AvgIpc) is 3.06. The topological polar surface area (TPSA) is 74.7 Å². The smallest absolute Gasteiger partial charge is 0.326 e. The van der Waals surface area contributed by atoms with Crippen LogP contribution < -0.4 is 0 Å². The van der Waals surface area contributed by atoms with Gasteiger partial charge >= 0.3 is 5.97 Å². The van der Waals surface area contributed by atoms with Crippen molar-refractivity contribution >= 4 is 61.4 Å². The molecule has 7 unspecified atom stereocenters. The van der Waals surface area contributed by atoms with Crippen LogP contribution in [-0.4, -0.2) is 55.5 Å². The van der Waals surface area contributed by atoms with Crippen molar-refractivity contribution in [2.45, 2.75) is 28.5 Å². The van der Waals surface area contributed by atoms with E-state index in [9.17, 15) is 19.5 Å². The number of halogens is 2. The standard InChI is InChI=1S/C14H17Br2NO4S/c1-22-3-2-7(14(20)21)17-12(18)8-5-4-6(9(8)13(17)19)11(16)10(5)15/h5-11H,2-4H2,1H3,(H,20,21). The lowest BCUT2D eigenvalue weighted by Gasteiger charge is -2.28. The molecule has 3 fully saturated rings. The van der Waals surface area contributed by atoms with Crippen LogP contribution in [0.2, 0.25) is 0 Å². The van der Waals surface area contributed by atoms with Gasteiger partial charge in [0.25, 0.3) is 0 Å². The van der Waals surface area contributed by atoms with E-state index in [0.717, 1.165) is 11.3 Å². The number of hydrogen-bond acceptors (Lipinski definition) is 4. The minimum Gasteiger partial charge on any atom is -0.480 e. The first-order chi connectivity index (χ1) is 10.4. The molecule has 0 aromatic carbocycles. The largest absolute Gasteiger partial charge is 0.480 e. The third kappa shape index (κ3) is 2.28. The van der Waals surface area contributed by atoms with Gasteiger partial charge in [0.15, 0.2) is 0 Å². The van der Waals surface area contributed by atoms with E-state index in [1.165, 1.54) is 11.8 Å². The van der Waals surface area contributed by atoms with Crippen LogP contribution in [0.15, 0.2) is 0 Å². The molecular weight excluding hydrogens is 438 g/mol. The highest BCUT2D eigenvalue weighted by molar-refractivity contribution is 9.12. The molecule has 1 N–H and O–H groups in total. The van der Waals surface area contributed by atoms with E-state index in [1.54, 1.807) is 0 Å². The zero-order valence-electron chi connectivity index (χ0n) is 11.9. The second kappa shape index (κ2) is 6.09. The Labute approximate surface area is 149 Å². The molecule has 3 rings (SSSR count). The van der Waals surface area contributed by atoms with Gasteiger partial charge < -0.3 is 5.11 Å². The number of imide groups is 1. The molecule has 0 spiro atoms. The summed E-state index contributed by atoms with van der Waals surface area (Å²) in [5, 5.41) is 9.44. The summed E-state index contributed by atoms with van der Waals surface area (Å²) in [5.74, 6) is -1.47. The number of hydrogen-bond donors (Lipinski definition) is 1.